The average Bonchev–Trinajstić information content (AvgIpc) is 2.50. The Labute approximate surface area is 131 Å². The number of aryl methyl sites for hydroxylation is 1. The molecule has 22 heavy (non-hydrogen) atoms. The van der Waals surface area contributed by atoms with E-state index in [1.165, 1.54) is 16.8 Å². The van der Waals surface area contributed by atoms with Gasteiger partial charge in [-0.05, 0) is 6.07 Å². The van der Waals surface area contributed by atoms with Gasteiger partial charge >= 0.3 is 0 Å². The van der Waals surface area contributed by atoms with Crippen LogP contribution < -0.4 is 20.3 Å². The largest absolute Gasteiger partial charge is 0.486 e. The Bertz CT molecular complexity index is 801. The Balaban J connectivity index is 1.87. The fourth-order valence-electron chi connectivity index (χ4n) is 2.04. The van der Waals surface area contributed by atoms with Gasteiger partial charge in [0.05, 0.1) is 10.7 Å². The van der Waals surface area contributed by atoms with Gasteiger partial charge in [0.25, 0.3) is 11.5 Å². The van der Waals surface area contributed by atoms with Crippen LogP contribution in [0.4, 0.5) is 5.69 Å². The van der Waals surface area contributed by atoms with E-state index in [0.29, 0.717) is 35.4 Å². The highest BCUT2D eigenvalue weighted by Gasteiger charge is 2.17. The molecule has 0 unspecified atom stereocenters. The first-order valence-electron chi connectivity index (χ1n) is 6.62. The number of benzene rings is 1. The van der Waals surface area contributed by atoms with Crippen molar-refractivity contribution in [1.29, 1.82) is 0 Å². The van der Waals surface area contributed by atoms with Crippen LogP contribution in [0.2, 0.25) is 5.02 Å². The third kappa shape index (κ3) is 2.78. The molecular weight excluding hydrogens is 308 g/mol. The Morgan fingerprint density at radius 3 is 2.59 bits per heavy atom. The third-order valence-corrected chi connectivity index (χ3v) is 3.56. The summed E-state index contributed by atoms with van der Waals surface area (Å²) < 4.78 is 12.2. The van der Waals surface area contributed by atoms with E-state index in [1.807, 2.05) is 0 Å². The topological polar surface area (TPSA) is 69.6 Å². The summed E-state index contributed by atoms with van der Waals surface area (Å²) >= 11 is 6.13. The molecule has 1 aliphatic rings. The molecule has 0 saturated carbocycles. The number of aromatic nitrogens is 1. The van der Waals surface area contributed by atoms with Gasteiger partial charge in [-0.1, -0.05) is 11.6 Å². The van der Waals surface area contributed by atoms with E-state index < -0.39 is 5.91 Å². The van der Waals surface area contributed by atoms with Crippen molar-refractivity contribution in [1.82, 2.24) is 4.57 Å². The second-order valence-corrected chi connectivity index (χ2v) is 5.20. The molecule has 1 N–H and O–H groups in total. The molecule has 0 fully saturated rings. The van der Waals surface area contributed by atoms with Crippen LogP contribution in [0, 0.1) is 0 Å². The highest BCUT2D eigenvalue weighted by atomic mass is 35.5. The first-order valence-corrected chi connectivity index (χ1v) is 6.99. The lowest BCUT2D eigenvalue weighted by molar-refractivity contribution is 0.102. The van der Waals surface area contributed by atoms with Gasteiger partial charge in [-0.25, -0.2) is 0 Å². The molecule has 1 aliphatic heterocycles. The zero-order valence-corrected chi connectivity index (χ0v) is 12.5. The van der Waals surface area contributed by atoms with Crippen molar-refractivity contribution in [3.05, 3.63) is 51.4 Å². The number of rotatable bonds is 2. The Kier molecular flexibility index (Phi) is 3.77. The quantitative estimate of drug-likeness (QED) is 0.919. The van der Waals surface area contributed by atoms with Crippen LogP contribution in [-0.4, -0.2) is 23.7 Å². The predicted molar refractivity (Wildman–Crippen MR) is 82.1 cm³/mol. The first kappa shape index (κ1) is 14.5. The average molecular weight is 321 g/mol. The normalized spacial score (nSPS) is 12.8. The molecule has 0 radical (unpaired) electrons. The van der Waals surface area contributed by atoms with Gasteiger partial charge in [-0.15, -0.1) is 0 Å². The predicted octanol–water partition coefficient (Wildman–Crippen LogP) is 2.06. The summed E-state index contributed by atoms with van der Waals surface area (Å²) in [6, 6.07) is 6.02. The van der Waals surface area contributed by atoms with Crippen molar-refractivity contribution in [2.45, 2.75) is 0 Å². The lowest BCUT2D eigenvalue weighted by atomic mass is 10.2. The van der Waals surface area contributed by atoms with E-state index in [4.69, 9.17) is 21.1 Å². The first-order chi connectivity index (χ1) is 10.5. The number of hydrogen-bond acceptors (Lipinski definition) is 4. The highest BCUT2D eigenvalue weighted by molar-refractivity contribution is 6.34. The number of nitrogens with one attached hydrogen (secondary N) is 1. The lowest BCUT2D eigenvalue weighted by Gasteiger charge is -2.20. The van der Waals surface area contributed by atoms with Crippen molar-refractivity contribution in [3.63, 3.8) is 0 Å². The van der Waals surface area contributed by atoms with Crippen LogP contribution in [-0.2, 0) is 7.05 Å². The third-order valence-electron chi connectivity index (χ3n) is 3.25. The maximum absolute atomic E-state index is 12.2. The van der Waals surface area contributed by atoms with Gasteiger partial charge in [0.2, 0.25) is 0 Å². The van der Waals surface area contributed by atoms with Gasteiger partial charge in [-0.2, -0.15) is 0 Å². The van der Waals surface area contributed by atoms with Crippen LogP contribution in [0.5, 0.6) is 11.5 Å². The number of amides is 1. The number of pyridine rings is 1. The van der Waals surface area contributed by atoms with Crippen molar-refractivity contribution >= 4 is 23.2 Å². The van der Waals surface area contributed by atoms with E-state index in [0.717, 1.165) is 0 Å². The maximum atomic E-state index is 12.2. The smallest absolute Gasteiger partial charge is 0.255 e. The van der Waals surface area contributed by atoms with Crippen LogP contribution in [0.3, 0.4) is 0 Å². The second kappa shape index (κ2) is 5.73. The van der Waals surface area contributed by atoms with Crippen LogP contribution in [0.25, 0.3) is 0 Å². The summed E-state index contributed by atoms with van der Waals surface area (Å²) in [5.41, 5.74) is 0.395. The molecule has 7 heteroatoms. The molecule has 114 valence electrons. The maximum Gasteiger partial charge on any atom is 0.255 e. The molecule has 0 atom stereocenters. The number of halogens is 1. The number of carbonyl (C=O) groups is 1. The van der Waals surface area contributed by atoms with Crippen LogP contribution >= 0.6 is 11.6 Å². The second-order valence-electron chi connectivity index (χ2n) is 4.79. The van der Waals surface area contributed by atoms with E-state index in [1.54, 1.807) is 25.2 Å². The SMILES string of the molecule is Cn1ccc(C(=O)Nc2cc3c(cc2Cl)OCCO3)cc1=O. The monoisotopic (exact) mass is 320 g/mol. The van der Waals surface area contributed by atoms with Gasteiger partial charge in [0.1, 0.15) is 13.2 Å². The summed E-state index contributed by atoms with van der Waals surface area (Å²) in [5.74, 6) is 0.647. The van der Waals surface area contributed by atoms with E-state index in [2.05, 4.69) is 5.32 Å². The fourth-order valence-corrected chi connectivity index (χ4v) is 2.24. The molecular formula is C15H13ClN2O4. The number of ether oxygens (including phenoxy) is 2. The zero-order valence-electron chi connectivity index (χ0n) is 11.8. The Hall–Kier alpha value is -2.47. The van der Waals surface area contributed by atoms with Crippen molar-refractivity contribution in [3.8, 4) is 11.5 Å². The molecule has 2 heterocycles. The highest BCUT2D eigenvalue weighted by Crippen LogP contribution is 2.38. The molecule has 1 amide bonds. The van der Waals surface area contributed by atoms with Crippen molar-refractivity contribution in [2.24, 2.45) is 7.05 Å². The molecule has 1 aromatic heterocycles. The van der Waals surface area contributed by atoms with Gasteiger partial charge in [0.15, 0.2) is 11.5 Å². The summed E-state index contributed by atoms with van der Waals surface area (Å²) in [5, 5.41) is 3.00. The molecule has 0 bridgehead atoms. The number of hydrogen-bond donors (Lipinski definition) is 1. The summed E-state index contributed by atoms with van der Waals surface area (Å²) in [6.45, 7) is 0.902. The van der Waals surface area contributed by atoms with E-state index in [-0.39, 0.29) is 11.1 Å². The Morgan fingerprint density at radius 2 is 1.91 bits per heavy atom. The molecule has 2 aromatic rings. The minimum Gasteiger partial charge on any atom is -0.486 e. The van der Waals surface area contributed by atoms with Gasteiger partial charge in [-0.3, -0.25) is 9.59 Å². The molecule has 3 rings (SSSR count). The van der Waals surface area contributed by atoms with Crippen LogP contribution in [0.15, 0.2) is 35.3 Å². The van der Waals surface area contributed by atoms with Crippen LogP contribution in [0.1, 0.15) is 10.4 Å². The zero-order chi connectivity index (χ0) is 15.7. The van der Waals surface area contributed by atoms with Gasteiger partial charge < -0.3 is 19.4 Å². The van der Waals surface area contributed by atoms with Crippen molar-refractivity contribution in [2.75, 3.05) is 18.5 Å². The lowest BCUT2D eigenvalue weighted by Crippen LogP contribution is -2.20. The number of carbonyl (C=O) groups excluding carboxylic acids is 1. The number of anilines is 1. The summed E-state index contributed by atoms with van der Waals surface area (Å²) in [7, 11) is 1.61. The molecule has 1 aromatic carbocycles. The molecule has 6 nitrogen and oxygen atoms in total. The van der Waals surface area contributed by atoms with E-state index in [9.17, 15) is 9.59 Å². The summed E-state index contributed by atoms with van der Waals surface area (Å²) in [6.07, 6.45) is 1.53. The summed E-state index contributed by atoms with van der Waals surface area (Å²) in [4.78, 5) is 23.8. The standard InChI is InChI=1S/C15H13ClN2O4/c1-18-3-2-9(6-14(18)19)15(20)17-11-8-13-12(7-10(11)16)21-4-5-22-13/h2-3,6-8H,4-5H2,1H3,(H,17,20). The molecule has 0 spiro atoms. The van der Waals surface area contributed by atoms with Gasteiger partial charge in [0, 0.05) is 37.0 Å². The molecule has 0 aliphatic carbocycles. The molecule has 0 saturated heterocycles. The van der Waals surface area contributed by atoms with Crippen molar-refractivity contribution < 1.29 is 14.3 Å². The number of nitrogens with zero attached hydrogens (tertiary/aromatic N) is 1. The fraction of sp³-hybridized carbons (Fsp3) is 0.200. The minimum atomic E-state index is -0.420. The van der Waals surface area contributed by atoms with E-state index >= 15 is 0 Å². The number of fused-ring (bicyclic) bond motifs is 1. The Morgan fingerprint density at radius 1 is 1.23 bits per heavy atom. The minimum absolute atomic E-state index is 0.258.